The van der Waals surface area contributed by atoms with Crippen LogP contribution in [-0.2, 0) is 18.5 Å². The Labute approximate surface area is 110 Å². The van der Waals surface area contributed by atoms with Crippen LogP contribution in [0.25, 0.3) is 0 Å². The van der Waals surface area contributed by atoms with Gasteiger partial charge in [0.05, 0.1) is 10.7 Å². The van der Waals surface area contributed by atoms with Gasteiger partial charge in [-0.2, -0.15) is 0 Å². The summed E-state index contributed by atoms with van der Waals surface area (Å²) in [5, 5.41) is 9.81. The highest BCUT2D eigenvalue weighted by Crippen LogP contribution is 2.25. The van der Waals surface area contributed by atoms with Gasteiger partial charge < -0.3 is 5.32 Å². The van der Waals surface area contributed by atoms with Crippen LogP contribution in [0.4, 0.5) is 0 Å². The highest BCUT2D eigenvalue weighted by Gasteiger charge is 2.17. The van der Waals surface area contributed by atoms with E-state index in [0.29, 0.717) is 0 Å². The molecule has 0 atom stereocenters. The van der Waals surface area contributed by atoms with Crippen molar-refractivity contribution < 1.29 is 0 Å². The Morgan fingerprint density at radius 1 is 1.24 bits per heavy atom. The molecular formula is C12H17N3S2. The van der Waals surface area contributed by atoms with Crippen LogP contribution < -0.4 is 5.32 Å². The van der Waals surface area contributed by atoms with E-state index in [-0.39, 0.29) is 5.41 Å². The molecule has 0 saturated heterocycles. The van der Waals surface area contributed by atoms with Crippen LogP contribution in [0, 0.1) is 0 Å². The van der Waals surface area contributed by atoms with Crippen LogP contribution in [0.5, 0.6) is 0 Å². The maximum atomic E-state index is 4.64. The summed E-state index contributed by atoms with van der Waals surface area (Å²) in [7, 11) is 0. The minimum Gasteiger partial charge on any atom is -0.305 e. The van der Waals surface area contributed by atoms with Crippen LogP contribution in [-0.4, -0.2) is 9.97 Å². The molecular weight excluding hydrogens is 250 g/mol. The highest BCUT2D eigenvalue weighted by atomic mass is 32.1. The lowest BCUT2D eigenvalue weighted by atomic mass is 9.98. The summed E-state index contributed by atoms with van der Waals surface area (Å²) >= 11 is 3.42. The first-order valence-electron chi connectivity index (χ1n) is 5.59. The molecule has 0 aliphatic carbocycles. The van der Waals surface area contributed by atoms with Crippen LogP contribution in [0.3, 0.4) is 0 Å². The lowest BCUT2D eigenvalue weighted by Gasteiger charge is -2.13. The van der Waals surface area contributed by atoms with E-state index >= 15 is 0 Å². The minimum atomic E-state index is 0.151. The van der Waals surface area contributed by atoms with Crippen molar-refractivity contribution in [1.29, 1.82) is 0 Å². The molecule has 0 spiro atoms. The van der Waals surface area contributed by atoms with Crippen LogP contribution in [0.1, 0.15) is 36.5 Å². The Bertz CT molecular complexity index is 454. The van der Waals surface area contributed by atoms with Crippen molar-refractivity contribution in [2.45, 2.75) is 39.3 Å². The fourth-order valence-corrected chi connectivity index (χ4v) is 2.86. The van der Waals surface area contributed by atoms with Crippen LogP contribution in [0.15, 0.2) is 17.0 Å². The molecule has 0 bridgehead atoms. The molecule has 17 heavy (non-hydrogen) atoms. The monoisotopic (exact) mass is 267 g/mol. The van der Waals surface area contributed by atoms with Crippen molar-refractivity contribution in [3.8, 4) is 0 Å². The molecule has 5 heteroatoms. The zero-order valence-corrected chi connectivity index (χ0v) is 12.0. The van der Waals surface area contributed by atoms with Crippen LogP contribution >= 0.6 is 22.7 Å². The normalized spacial score (nSPS) is 11.9. The first-order valence-corrected chi connectivity index (χ1v) is 7.35. The molecule has 0 fully saturated rings. The van der Waals surface area contributed by atoms with E-state index in [2.05, 4.69) is 41.4 Å². The largest absolute Gasteiger partial charge is 0.305 e. The average molecular weight is 267 g/mol. The van der Waals surface area contributed by atoms with Gasteiger partial charge in [0.15, 0.2) is 0 Å². The predicted octanol–water partition coefficient (Wildman–Crippen LogP) is 3.19. The molecule has 2 aromatic rings. The van der Waals surface area contributed by atoms with E-state index in [1.807, 2.05) is 11.6 Å². The second kappa shape index (κ2) is 5.25. The van der Waals surface area contributed by atoms with Gasteiger partial charge in [-0.25, -0.2) is 9.97 Å². The second-order valence-corrected chi connectivity index (χ2v) is 6.76. The van der Waals surface area contributed by atoms with Gasteiger partial charge in [0.1, 0.15) is 5.01 Å². The number of hydrogen-bond donors (Lipinski definition) is 1. The third kappa shape index (κ3) is 3.59. The fraction of sp³-hybridized carbons (Fsp3) is 0.500. The summed E-state index contributed by atoms with van der Waals surface area (Å²) in [6.45, 7) is 8.21. The Hall–Kier alpha value is -0.780. The first-order chi connectivity index (χ1) is 8.05. The Morgan fingerprint density at radius 2 is 2.06 bits per heavy atom. The number of thiazole rings is 2. The molecule has 1 N–H and O–H groups in total. The number of rotatable bonds is 4. The number of nitrogens with one attached hydrogen (secondary N) is 1. The molecule has 0 aliphatic heterocycles. The maximum absolute atomic E-state index is 4.64. The number of nitrogens with zero attached hydrogens (tertiary/aromatic N) is 2. The zero-order valence-electron chi connectivity index (χ0n) is 10.4. The van der Waals surface area contributed by atoms with E-state index in [1.54, 1.807) is 22.7 Å². The van der Waals surface area contributed by atoms with Gasteiger partial charge in [0.2, 0.25) is 0 Å². The molecule has 2 aromatic heterocycles. The van der Waals surface area contributed by atoms with Gasteiger partial charge in [0.25, 0.3) is 0 Å². The van der Waals surface area contributed by atoms with Crippen molar-refractivity contribution in [2.75, 3.05) is 0 Å². The zero-order chi connectivity index (χ0) is 12.3. The molecule has 2 heterocycles. The predicted molar refractivity (Wildman–Crippen MR) is 73.5 cm³/mol. The molecule has 0 unspecified atom stereocenters. The van der Waals surface area contributed by atoms with Gasteiger partial charge in [-0.1, -0.05) is 20.8 Å². The molecule has 2 rings (SSSR count). The SMILES string of the molecule is CC(C)(C)c1nc(CNCc2nccs2)cs1. The number of aromatic nitrogens is 2. The quantitative estimate of drug-likeness (QED) is 0.924. The van der Waals surface area contributed by atoms with Crippen molar-refractivity contribution in [3.63, 3.8) is 0 Å². The van der Waals surface area contributed by atoms with Crippen molar-refractivity contribution in [2.24, 2.45) is 0 Å². The maximum Gasteiger partial charge on any atom is 0.106 e. The minimum absolute atomic E-state index is 0.151. The molecule has 3 nitrogen and oxygen atoms in total. The third-order valence-electron chi connectivity index (χ3n) is 2.26. The van der Waals surface area contributed by atoms with Crippen molar-refractivity contribution in [1.82, 2.24) is 15.3 Å². The van der Waals surface area contributed by atoms with Gasteiger partial charge in [-0.05, 0) is 0 Å². The first kappa shape index (κ1) is 12.7. The standard InChI is InChI=1S/C12H17N3S2/c1-12(2,3)11-15-9(8-17-11)6-13-7-10-14-4-5-16-10/h4-5,8,13H,6-7H2,1-3H3. The van der Waals surface area contributed by atoms with E-state index in [4.69, 9.17) is 0 Å². The summed E-state index contributed by atoms with van der Waals surface area (Å²) in [6, 6.07) is 0. The lowest BCUT2D eigenvalue weighted by molar-refractivity contribution is 0.579. The van der Waals surface area contributed by atoms with Crippen LogP contribution in [0.2, 0.25) is 0 Å². The van der Waals surface area contributed by atoms with Crippen molar-refractivity contribution >= 4 is 22.7 Å². The Balaban J connectivity index is 1.85. The third-order valence-corrected chi connectivity index (χ3v) is 4.36. The van der Waals surface area contributed by atoms with Gasteiger partial charge in [-0.15, -0.1) is 22.7 Å². The summed E-state index contributed by atoms with van der Waals surface area (Å²) in [5.74, 6) is 0. The molecule has 0 aromatic carbocycles. The summed E-state index contributed by atoms with van der Waals surface area (Å²) < 4.78 is 0. The smallest absolute Gasteiger partial charge is 0.106 e. The lowest BCUT2D eigenvalue weighted by Crippen LogP contribution is -2.14. The second-order valence-electron chi connectivity index (χ2n) is 4.92. The van der Waals surface area contributed by atoms with Crippen molar-refractivity contribution in [3.05, 3.63) is 32.7 Å². The highest BCUT2D eigenvalue weighted by molar-refractivity contribution is 7.10. The van der Waals surface area contributed by atoms with Gasteiger partial charge >= 0.3 is 0 Å². The van der Waals surface area contributed by atoms with Gasteiger partial charge in [0, 0.05) is 35.5 Å². The molecule has 0 radical (unpaired) electrons. The topological polar surface area (TPSA) is 37.8 Å². The summed E-state index contributed by atoms with van der Waals surface area (Å²) in [6.07, 6.45) is 1.84. The van der Waals surface area contributed by atoms with E-state index in [9.17, 15) is 0 Å². The Morgan fingerprint density at radius 3 is 2.65 bits per heavy atom. The molecule has 0 saturated carbocycles. The molecule has 0 aliphatic rings. The summed E-state index contributed by atoms with van der Waals surface area (Å²) in [5.41, 5.74) is 1.27. The number of hydrogen-bond acceptors (Lipinski definition) is 5. The van der Waals surface area contributed by atoms with Gasteiger partial charge in [-0.3, -0.25) is 0 Å². The summed E-state index contributed by atoms with van der Waals surface area (Å²) in [4.78, 5) is 8.87. The Kier molecular flexibility index (Phi) is 3.91. The average Bonchev–Trinajstić information content (AvgIpc) is 2.86. The van der Waals surface area contributed by atoms with E-state index in [1.165, 1.54) is 5.01 Å². The van der Waals surface area contributed by atoms with E-state index < -0.39 is 0 Å². The molecule has 0 amide bonds. The van der Waals surface area contributed by atoms with E-state index in [0.717, 1.165) is 23.8 Å². The molecule has 92 valence electrons. The fourth-order valence-electron chi connectivity index (χ4n) is 1.37.